The van der Waals surface area contributed by atoms with E-state index in [0.29, 0.717) is 10.8 Å². The van der Waals surface area contributed by atoms with Crippen LogP contribution < -0.4 is 4.74 Å². The summed E-state index contributed by atoms with van der Waals surface area (Å²) in [5.41, 5.74) is 0. The van der Waals surface area contributed by atoms with Crippen molar-refractivity contribution in [3.63, 3.8) is 0 Å². The number of halogens is 2. The Labute approximate surface area is 158 Å². The number of hydrogen-bond donors (Lipinski definition) is 2. The van der Waals surface area contributed by atoms with Crippen LogP contribution in [0.4, 0.5) is 0 Å². The number of benzene rings is 1. The zero-order chi connectivity index (χ0) is 18.3. The lowest BCUT2D eigenvalue weighted by Crippen LogP contribution is -2.62. The van der Waals surface area contributed by atoms with Crippen LogP contribution in [-0.4, -0.2) is 47.5 Å². The van der Waals surface area contributed by atoms with Crippen molar-refractivity contribution < 1.29 is 33.6 Å². The summed E-state index contributed by atoms with van der Waals surface area (Å²) in [5, 5.41) is 21.6. The highest BCUT2D eigenvalue weighted by Gasteiger charge is 2.50. The fourth-order valence-corrected chi connectivity index (χ4v) is 3.39. The third-order valence-corrected chi connectivity index (χ3v) is 4.78. The van der Waals surface area contributed by atoms with Gasteiger partial charge in [-0.15, -0.1) is 0 Å². The zero-order valence-electron chi connectivity index (χ0n) is 13.3. The lowest BCUT2D eigenvalue weighted by Gasteiger charge is -2.45. The van der Waals surface area contributed by atoms with Crippen molar-refractivity contribution in [3.8, 4) is 5.75 Å². The molecular weight excluding hydrogens is 387 g/mol. The number of hydrogen-bond acceptors (Lipinski definition) is 7. The zero-order valence-corrected chi connectivity index (χ0v) is 14.8. The molecule has 6 atom stereocenters. The van der Waals surface area contributed by atoms with Gasteiger partial charge in [0.25, 0.3) is 0 Å². The summed E-state index contributed by atoms with van der Waals surface area (Å²) in [6.45, 7) is 0.133. The van der Waals surface area contributed by atoms with Crippen LogP contribution in [0.2, 0.25) is 10.0 Å². The fourth-order valence-electron chi connectivity index (χ4n) is 2.94. The van der Waals surface area contributed by atoms with E-state index in [4.69, 9.17) is 46.6 Å². The summed E-state index contributed by atoms with van der Waals surface area (Å²) in [4.78, 5) is 0. The van der Waals surface area contributed by atoms with E-state index >= 15 is 0 Å². The van der Waals surface area contributed by atoms with Gasteiger partial charge in [-0.3, -0.25) is 0 Å². The number of rotatable bonds is 3. The van der Waals surface area contributed by atoms with E-state index in [2.05, 4.69) is 0 Å². The van der Waals surface area contributed by atoms with Crippen LogP contribution in [0.1, 0.15) is 12.1 Å². The van der Waals surface area contributed by atoms with Crippen LogP contribution >= 0.6 is 23.2 Å². The average molecular weight is 403 g/mol. The van der Waals surface area contributed by atoms with Crippen LogP contribution in [0.5, 0.6) is 5.75 Å². The molecule has 0 bridgehead atoms. The smallest absolute Gasteiger partial charge is 0.229 e. The van der Waals surface area contributed by atoms with Gasteiger partial charge in [-0.1, -0.05) is 23.2 Å². The highest BCUT2D eigenvalue weighted by atomic mass is 35.5. The van der Waals surface area contributed by atoms with Gasteiger partial charge in [-0.05, 0) is 30.3 Å². The van der Waals surface area contributed by atoms with E-state index in [1.165, 1.54) is 12.3 Å². The summed E-state index contributed by atoms with van der Waals surface area (Å²) in [7, 11) is 0. The fraction of sp³-hybridized carbons (Fsp3) is 0.412. The first-order valence-electron chi connectivity index (χ1n) is 7.96. The molecule has 0 amide bonds. The maximum absolute atomic E-state index is 10.5. The minimum atomic E-state index is -1.35. The summed E-state index contributed by atoms with van der Waals surface area (Å²) in [6, 6.07) is 8.06. The summed E-state index contributed by atoms with van der Waals surface area (Å²) < 4.78 is 27.9. The standard InChI is InChI=1S/C17H16Cl2O7/c18-8-3-4-10(9(19)6-8)24-17-14(21)13(20)15-12(25-17)7-23-16(26-15)11-2-1-5-22-11/h1-6,12-17,20-21H,7H2. The van der Waals surface area contributed by atoms with E-state index in [1.54, 1.807) is 24.3 Å². The molecule has 2 N–H and O–H groups in total. The van der Waals surface area contributed by atoms with E-state index in [0.717, 1.165) is 0 Å². The second-order valence-corrected chi connectivity index (χ2v) is 6.84. The van der Waals surface area contributed by atoms with Crippen LogP contribution in [0.15, 0.2) is 41.0 Å². The molecule has 2 aliphatic heterocycles. The SMILES string of the molecule is OC1C(Oc2ccc(Cl)cc2Cl)OC2COC(c3ccco3)OC2C1O. The topological polar surface area (TPSA) is 90.5 Å². The highest BCUT2D eigenvalue weighted by Crippen LogP contribution is 2.36. The van der Waals surface area contributed by atoms with Crippen molar-refractivity contribution in [2.45, 2.75) is 37.0 Å². The van der Waals surface area contributed by atoms with Crippen LogP contribution in [-0.2, 0) is 14.2 Å². The van der Waals surface area contributed by atoms with Crippen LogP contribution in [0, 0.1) is 0 Å². The number of ether oxygens (including phenoxy) is 4. The van der Waals surface area contributed by atoms with E-state index in [9.17, 15) is 10.2 Å². The molecule has 2 fully saturated rings. The Balaban J connectivity index is 1.47. The molecule has 2 aromatic rings. The van der Waals surface area contributed by atoms with Crippen molar-refractivity contribution in [2.75, 3.05) is 6.61 Å². The molecule has 3 heterocycles. The highest BCUT2D eigenvalue weighted by molar-refractivity contribution is 6.35. The largest absolute Gasteiger partial charge is 0.464 e. The van der Waals surface area contributed by atoms with Gasteiger partial charge in [0.1, 0.15) is 30.2 Å². The molecule has 2 aliphatic rings. The van der Waals surface area contributed by atoms with Crippen molar-refractivity contribution in [1.29, 1.82) is 0 Å². The Hall–Kier alpha value is -1.32. The molecule has 7 nitrogen and oxygen atoms in total. The molecule has 26 heavy (non-hydrogen) atoms. The maximum Gasteiger partial charge on any atom is 0.229 e. The molecule has 4 rings (SSSR count). The molecule has 0 spiro atoms. The molecule has 6 unspecified atom stereocenters. The lowest BCUT2D eigenvalue weighted by molar-refractivity contribution is -0.352. The quantitative estimate of drug-likeness (QED) is 0.814. The Bertz CT molecular complexity index is 752. The van der Waals surface area contributed by atoms with Gasteiger partial charge >= 0.3 is 0 Å². The number of fused-ring (bicyclic) bond motifs is 1. The second-order valence-electron chi connectivity index (χ2n) is 6.00. The van der Waals surface area contributed by atoms with Crippen LogP contribution in [0.25, 0.3) is 0 Å². The molecular formula is C17H16Cl2O7. The minimum absolute atomic E-state index is 0.133. The first-order chi connectivity index (χ1) is 12.5. The first kappa shape index (κ1) is 18.1. The van der Waals surface area contributed by atoms with Gasteiger partial charge in [0, 0.05) is 5.02 Å². The molecule has 0 saturated carbocycles. The number of furan rings is 1. The Morgan fingerprint density at radius 1 is 1.08 bits per heavy atom. The molecule has 0 radical (unpaired) electrons. The van der Waals surface area contributed by atoms with Gasteiger partial charge in [0.2, 0.25) is 12.6 Å². The monoisotopic (exact) mass is 402 g/mol. The van der Waals surface area contributed by atoms with Crippen molar-refractivity contribution in [2.24, 2.45) is 0 Å². The maximum atomic E-state index is 10.5. The van der Waals surface area contributed by atoms with Crippen molar-refractivity contribution in [1.82, 2.24) is 0 Å². The molecule has 1 aromatic carbocycles. The van der Waals surface area contributed by atoms with Gasteiger partial charge in [0.15, 0.2) is 5.76 Å². The van der Waals surface area contributed by atoms with E-state index < -0.39 is 37.0 Å². The van der Waals surface area contributed by atoms with Crippen LogP contribution in [0.3, 0.4) is 0 Å². The van der Waals surface area contributed by atoms with E-state index in [1.807, 2.05) is 0 Å². The van der Waals surface area contributed by atoms with Crippen molar-refractivity contribution >= 4 is 23.2 Å². The summed E-state index contributed by atoms with van der Waals surface area (Å²) in [6.07, 6.45) is -4.44. The Kier molecular flexibility index (Phi) is 5.11. The third-order valence-electron chi connectivity index (χ3n) is 4.25. The van der Waals surface area contributed by atoms with Gasteiger partial charge < -0.3 is 33.6 Å². The molecule has 9 heteroatoms. The van der Waals surface area contributed by atoms with Gasteiger partial charge in [-0.25, -0.2) is 0 Å². The van der Waals surface area contributed by atoms with Gasteiger partial charge in [-0.2, -0.15) is 0 Å². The van der Waals surface area contributed by atoms with E-state index in [-0.39, 0.29) is 17.4 Å². The first-order valence-corrected chi connectivity index (χ1v) is 8.72. The average Bonchev–Trinajstić information content (AvgIpc) is 3.16. The molecule has 1 aromatic heterocycles. The molecule has 140 valence electrons. The number of aliphatic hydroxyl groups is 2. The lowest BCUT2D eigenvalue weighted by atomic mass is 9.98. The third kappa shape index (κ3) is 3.44. The van der Waals surface area contributed by atoms with Gasteiger partial charge in [0.05, 0.1) is 17.9 Å². The second kappa shape index (κ2) is 7.36. The Morgan fingerprint density at radius 3 is 2.65 bits per heavy atom. The predicted molar refractivity (Wildman–Crippen MR) is 90.0 cm³/mol. The normalized spacial score (nSPS) is 34.3. The molecule has 2 saturated heterocycles. The summed E-state index contributed by atoms with van der Waals surface area (Å²) in [5.74, 6) is 0.744. The summed E-state index contributed by atoms with van der Waals surface area (Å²) >= 11 is 11.9. The van der Waals surface area contributed by atoms with Crippen molar-refractivity contribution in [3.05, 3.63) is 52.4 Å². The minimum Gasteiger partial charge on any atom is -0.464 e. The number of aliphatic hydroxyl groups excluding tert-OH is 2. The molecule has 0 aliphatic carbocycles. The predicted octanol–water partition coefficient (Wildman–Crippen LogP) is 2.53. The Morgan fingerprint density at radius 2 is 1.92 bits per heavy atom.